The van der Waals surface area contributed by atoms with Crippen LogP contribution in [0, 0.1) is 11.7 Å². The molecule has 4 rings (SSSR count). The molecule has 1 aliphatic rings. The molecule has 2 heterocycles. The maximum absolute atomic E-state index is 13.2. The molecule has 1 saturated heterocycles. The van der Waals surface area contributed by atoms with E-state index >= 15 is 0 Å². The fourth-order valence-electron chi connectivity index (χ4n) is 4.56. The van der Waals surface area contributed by atoms with Crippen molar-refractivity contribution in [3.63, 3.8) is 0 Å². The van der Waals surface area contributed by atoms with Gasteiger partial charge in [-0.15, -0.1) is 5.10 Å². The van der Waals surface area contributed by atoms with Crippen molar-refractivity contribution < 1.29 is 9.18 Å². The van der Waals surface area contributed by atoms with Gasteiger partial charge in [0, 0.05) is 31.4 Å². The highest BCUT2D eigenvalue weighted by Crippen LogP contribution is 2.23. The molecule has 0 aliphatic carbocycles. The number of piperidine rings is 1. The standard InChI is InChI=1S/C24H30FN7O/c1-30-23(27-28-29-30)20-7-11-22(12-8-20)32(24(26)33)15-3-14-31-13-2-4-19(17-31)16-18-5-9-21(25)10-6-18/h5-12,19H,2-4,13-17H2,1H3,(H2,26,33)/t19-/m0/s1. The Morgan fingerprint density at radius 2 is 1.94 bits per heavy atom. The third-order valence-corrected chi connectivity index (χ3v) is 6.22. The summed E-state index contributed by atoms with van der Waals surface area (Å²) in [6, 6.07) is 13.9. The third kappa shape index (κ3) is 5.92. The second kappa shape index (κ2) is 10.5. The van der Waals surface area contributed by atoms with E-state index in [0.29, 0.717) is 18.3 Å². The Kier molecular flexibility index (Phi) is 7.29. The Morgan fingerprint density at radius 1 is 1.18 bits per heavy atom. The number of anilines is 1. The van der Waals surface area contributed by atoms with Gasteiger partial charge in [0.25, 0.3) is 0 Å². The zero-order valence-electron chi connectivity index (χ0n) is 18.9. The van der Waals surface area contributed by atoms with Gasteiger partial charge in [-0.1, -0.05) is 12.1 Å². The van der Waals surface area contributed by atoms with E-state index in [9.17, 15) is 9.18 Å². The van der Waals surface area contributed by atoms with Gasteiger partial charge in [0.2, 0.25) is 0 Å². The van der Waals surface area contributed by atoms with Gasteiger partial charge in [-0.2, -0.15) is 0 Å². The van der Waals surface area contributed by atoms with Gasteiger partial charge < -0.3 is 10.6 Å². The average molecular weight is 452 g/mol. The van der Waals surface area contributed by atoms with Crippen LogP contribution in [0.5, 0.6) is 0 Å². The number of primary amides is 1. The van der Waals surface area contributed by atoms with Crippen molar-refractivity contribution in [2.75, 3.05) is 31.1 Å². The van der Waals surface area contributed by atoms with Gasteiger partial charge in [-0.05, 0) is 97.1 Å². The van der Waals surface area contributed by atoms with E-state index in [2.05, 4.69) is 20.4 Å². The molecule has 33 heavy (non-hydrogen) atoms. The van der Waals surface area contributed by atoms with Gasteiger partial charge in [0.15, 0.2) is 5.82 Å². The molecule has 0 spiro atoms. The van der Waals surface area contributed by atoms with Crippen molar-refractivity contribution in [1.82, 2.24) is 25.1 Å². The smallest absolute Gasteiger partial charge is 0.319 e. The Bertz CT molecular complexity index is 1050. The van der Waals surface area contributed by atoms with Gasteiger partial charge >= 0.3 is 6.03 Å². The first-order chi connectivity index (χ1) is 16.0. The van der Waals surface area contributed by atoms with Gasteiger partial charge in [-0.25, -0.2) is 13.9 Å². The number of amides is 2. The molecule has 1 atom stereocenters. The Hall–Kier alpha value is -3.33. The minimum atomic E-state index is -0.462. The number of nitrogens with zero attached hydrogens (tertiary/aromatic N) is 6. The van der Waals surface area contributed by atoms with E-state index < -0.39 is 6.03 Å². The SMILES string of the molecule is Cn1nnnc1-c1ccc(N(CCCN2CCC[C@@H](Cc3ccc(F)cc3)C2)C(N)=O)cc1. The monoisotopic (exact) mass is 451 g/mol. The quantitative estimate of drug-likeness (QED) is 0.568. The lowest BCUT2D eigenvalue weighted by molar-refractivity contribution is 0.173. The average Bonchev–Trinajstić information content (AvgIpc) is 3.24. The molecule has 1 fully saturated rings. The lowest BCUT2D eigenvalue weighted by Crippen LogP contribution is -2.40. The van der Waals surface area contributed by atoms with Gasteiger partial charge in [-0.3, -0.25) is 4.90 Å². The van der Waals surface area contributed by atoms with E-state index in [1.54, 1.807) is 16.6 Å². The Balaban J connectivity index is 1.30. The van der Waals surface area contributed by atoms with Crippen molar-refractivity contribution in [2.45, 2.75) is 25.7 Å². The second-order valence-electron chi connectivity index (χ2n) is 8.66. The number of hydrogen-bond acceptors (Lipinski definition) is 5. The number of aromatic nitrogens is 4. The van der Waals surface area contributed by atoms with Crippen LogP contribution in [-0.4, -0.2) is 57.3 Å². The molecule has 3 aromatic rings. The fraction of sp³-hybridized carbons (Fsp3) is 0.417. The Morgan fingerprint density at radius 3 is 2.61 bits per heavy atom. The van der Waals surface area contributed by atoms with Crippen LogP contribution in [0.3, 0.4) is 0 Å². The number of likely N-dealkylation sites (tertiary alicyclic amines) is 1. The molecule has 2 aromatic carbocycles. The molecule has 1 aromatic heterocycles. The van der Waals surface area contributed by atoms with Crippen LogP contribution in [0.2, 0.25) is 0 Å². The molecular formula is C24H30FN7O. The number of tetrazole rings is 1. The number of benzene rings is 2. The number of aryl methyl sites for hydroxylation is 1. The van der Waals surface area contributed by atoms with Crippen LogP contribution in [0.1, 0.15) is 24.8 Å². The van der Waals surface area contributed by atoms with E-state index in [-0.39, 0.29) is 5.82 Å². The molecule has 8 nitrogen and oxygen atoms in total. The van der Waals surface area contributed by atoms with Crippen LogP contribution >= 0.6 is 0 Å². The summed E-state index contributed by atoms with van der Waals surface area (Å²) in [6.45, 7) is 3.55. The number of nitrogens with two attached hydrogens (primary N) is 1. The maximum Gasteiger partial charge on any atom is 0.319 e. The molecule has 2 amide bonds. The maximum atomic E-state index is 13.2. The summed E-state index contributed by atoms with van der Waals surface area (Å²) < 4.78 is 14.8. The second-order valence-corrected chi connectivity index (χ2v) is 8.66. The summed E-state index contributed by atoms with van der Waals surface area (Å²) in [6.07, 6.45) is 4.15. The van der Waals surface area contributed by atoms with Crippen molar-refractivity contribution in [3.05, 3.63) is 59.9 Å². The normalized spacial score (nSPS) is 16.6. The molecule has 9 heteroatoms. The summed E-state index contributed by atoms with van der Waals surface area (Å²) in [4.78, 5) is 16.2. The fourth-order valence-corrected chi connectivity index (χ4v) is 4.56. The van der Waals surface area contributed by atoms with E-state index in [0.717, 1.165) is 50.1 Å². The zero-order chi connectivity index (χ0) is 23.2. The van der Waals surface area contributed by atoms with E-state index in [4.69, 9.17) is 5.73 Å². The van der Waals surface area contributed by atoms with Crippen molar-refractivity contribution >= 4 is 11.7 Å². The number of hydrogen-bond donors (Lipinski definition) is 1. The van der Waals surface area contributed by atoms with Gasteiger partial charge in [0.1, 0.15) is 5.82 Å². The van der Waals surface area contributed by atoms with Crippen LogP contribution in [-0.2, 0) is 13.5 Å². The largest absolute Gasteiger partial charge is 0.351 e. The first-order valence-electron chi connectivity index (χ1n) is 11.4. The van der Waals surface area contributed by atoms with E-state index in [1.807, 2.05) is 36.4 Å². The first-order valence-corrected chi connectivity index (χ1v) is 11.4. The molecule has 1 aliphatic heterocycles. The van der Waals surface area contributed by atoms with Gasteiger partial charge in [0.05, 0.1) is 0 Å². The highest BCUT2D eigenvalue weighted by molar-refractivity contribution is 5.90. The van der Waals surface area contributed by atoms with E-state index in [1.165, 1.54) is 24.1 Å². The summed E-state index contributed by atoms with van der Waals surface area (Å²) in [5, 5.41) is 11.5. The number of carbonyl (C=O) groups excluding carboxylic acids is 1. The van der Waals surface area contributed by atoms with Crippen LogP contribution in [0.25, 0.3) is 11.4 Å². The zero-order valence-corrected chi connectivity index (χ0v) is 18.9. The molecule has 0 bridgehead atoms. The number of carbonyl (C=O) groups is 1. The number of rotatable bonds is 8. The summed E-state index contributed by atoms with van der Waals surface area (Å²) in [5.74, 6) is 1.04. The lowest BCUT2D eigenvalue weighted by atomic mass is 9.91. The molecule has 0 unspecified atom stereocenters. The van der Waals surface area contributed by atoms with Crippen LogP contribution in [0.4, 0.5) is 14.9 Å². The highest BCUT2D eigenvalue weighted by Gasteiger charge is 2.21. The van der Waals surface area contributed by atoms with Crippen LogP contribution in [0.15, 0.2) is 48.5 Å². The molecule has 0 saturated carbocycles. The summed E-state index contributed by atoms with van der Waals surface area (Å²) in [5.41, 5.74) is 8.49. The molecule has 174 valence electrons. The minimum absolute atomic E-state index is 0.191. The van der Waals surface area contributed by atoms with Crippen molar-refractivity contribution in [2.24, 2.45) is 18.7 Å². The third-order valence-electron chi connectivity index (χ3n) is 6.22. The highest BCUT2D eigenvalue weighted by atomic mass is 19.1. The number of halogens is 1. The molecule has 0 radical (unpaired) electrons. The number of urea groups is 1. The first kappa shape index (κ1) is 22.8. The lowest BCUT2D eigenvalue weighted by Gasteiger charge is -2.33. The summed E-state index contributed by atoms with van der Waals surface area (Å²) in [7, 11) is 1.78. The summed E-state index contributed by atoms with van der Waals surface area (Å²) >= 11 is 0. The predicted octanol–water partition coefficient (Wildman–Crippen LogP) is 3.25. The minimum Gasteiger partial charge on any atom is -0.351 e. The van der Waals surface area contributed by atoms with Crippen LogP contribution < -0.4 is 10.6 Å². The molecule has 2 N–H and O–H groups in total. The predicted molar refractivity (Wildman–Crippen MR) is 125 cm³/mol. The Labute approximate surface area is 193 Å². The van der Waals surface area contributed by atoms with Crippen molar-refractivity contribution in [3.8, 4) is 11.4 Å². The topological polar surface area (TPSA) is 93.2 Å². The van der Waals surface area contributed by atoms with Crippen molar-refractivity contribution in [1.29, 1.82) is 0 Å². The molecular weight excluding hydrogens is 421 g/mol.